The molecule has 1 aliphatic carbocycles. The summed E-state index contributed by atoms with van der Waals surface area (Å²) in [6, 6.07) is 13.8. The standard InChI is InChI=1S/C26H24ClN3O2/c1-15-4-10-21(16(2)12-15)28-26(31)25-17(3)23-22(32-25)11-7-19-14-30(29-24(19)23)13-18-5-8-20(27)9-6-18/h4-6,8-10,12,14H,7,11,13H2,1-3H3,(H,28,31). The molecule has 5 rings (SSSR count). The second-order valence-corrected chi connectivity index (χ2v) is 8.89. The van der Waals surface area contributed by atoms with Crippen LogP contribution in [0.3, 0.4) is 0 Å². The van der Waals surface area contributed by atoms with Gasteiger partial charge in [0.05, 0.1) is 12.2 Å². The van der Waals surface area contributed by atoms with Gasteiger partial charge in [0.2, 0.25) is 0 Å². The van der Waals surface area contributed by atoms with E-state index in [1.54, 1.807) is 0 Å². The molecule has 32 heavy (non-hydrogen) atoms. The van der Waals surface area contributed by atoms with Crippen LogP contribution in [0.25, 0.3) is 11.3 Å². The molecule has 1 aliphatic rings. The average Bonchev–Trinajstić information content (AvgIpc) is 3.32. The maximum atomic E-state index is 13.0. The summed E-state index contributed by atoms with van der Waals surface area (Å²) >= 11 is 6.00. The van der Waals surface area contributed by atoms with Crippen molar-refractivity contribution in [2.24, 2.45) is 0 Å². The van der Waals surface area contributed by atoms with Crippen molar-refractivity contribution in [2.45, 2.75) is 40.2 Å². The maximum absolute atomic E-state index is 13.0. The fourth-order valence-electron chi connectivity index (χ4n) is 4.37. The molecule has 0 unspecified atom stereocenters. The van der Waals surface area contributed by atoms with E-state index in [1.165, 1.54) is 5.56 Å². The first-order valence-electron chi connectivity index (χ1n) is 10.7. The van der Waals surface area contributed by atoms with Crippen LogP contribution < -0.4 is 5.32 Å². The van der Waals surface area contributed by atoms with Crippen LogP contribution in [0.2, 0.25) is 5.02 Å². The molecule has 0 fully saturated rings. The number of nitrogens with zero attached hydrogens (tertiary/aromatic N) is 2. The van der Waals surface area contributed by atoms with Gasteiger partial charge in [0.15, 0.2) is 5.76 Å². The normalized spacial score (nSPS) is 12.4. The number of carbonyl (C=O) groups is 1. The summed E-state index contributed by atoms with van der Waals surface area (Å²) in [5, 5.41) is 8.57. The van der Waals surface area contributed by atoms with Crippen LogP contribution in [-0.2, 0) is 19.4 Å². The van der Waals surface area contributed by atoms with Crippen molar-refractivity contribution in [3.8, 4) is 11.3 Å². The van der Waals surface area contributed by atoms with Gasteiger partial charge in [-0.15, -0.1) is 0 Å². The first-order chi connectivity index (χ1) is 15.4. The monoisotopic (exact) mass is 445 g/mol. The molecular formula is C26H24ClN3O2. The van der Waals surface area contributed by atoms with Crippen molar-refractivity contribution in [3.63, 3.8) is 0 Å². The van der Waals surface area contributed by atoms with Crippen LogP contribution in [0.4, 0.5) is 5.69 Å². The van der Waals surface area contributed by atoms with Gasteiger partial charge in [0, 0.05) is 34.5 Å². The summed E-state index contributed by atoms with van der Waals surface area (Å²) in [6.07, 6.45) is 3.69. The van der Waals surface area contributed by atoms with Crippen molar-refractivity contribution in [3.05, 3.63) is 93.0 Å². The Balaban J connectivity index is 1.44. The Kier molecular flexibility index (Phi) is 5.14. The number of fused-ring (bicyclic) bond motifs is 3. The Morgan fingerprint density at radius 3 is 2.66 bits per heavy atom. The van der Waals surface area contributed by atoms with Crippen molar-refractivity contribution in [1.29, 1.82) is 0 Å². The number of amides is 1. The molecule has 6 heteroatoms. The molecule has 0 atom stereocenters. The van der Waals surface area contributed by atoms with Gasteiger partial charge >= 0.3 is 0 Å². The van der Waals surface area contributed by atoms with Crippen LogP contribution in [0.15, 0.2) is 53.1 Å². The number of nitrogens with one attached hydrogen (secondary N) is 1. The molecule has 1 amide bonds. The Morgan fingerprint density at radius 2 is 1.91 bits per heavy atom. The number of aryl methyl sites for hydroxylation is 4. The van der Waals surface area contributed by atoms with E-state index in [-0.39, 0.29) is 5.91 Å². The topological polar surface area (TPSA) is 60.1 Å². The molecule has 1 N–H and O–H groups in total. The molecule has 2 heterocycles. The molecule has 5 nitrogen and oxygen atoms in total. The van der Waals surface area contributed by atoms with Gasteiger partial charge in [-0.1, -0.05) is 41.4 Å². The van der Waals surface area contributed by atoms with Crippen LogP contribution in [0.1, 0.15) is 44.1 Å². The SMILES string of the molecule is Cc1ccc(NC(=O)c2oc3c(c2C)-c2nn(Cc4ccc(Cl)cc4)cc2CC3)c(C)c1. The predicted molar refractivity (Wildman–Crippen MR) is 126 cm³/mol. The summed E-state index contributed by atoms with van der Waals surface area (Å²) in [4.78, 5) is 13.0. The number of hydrogen-bond donors (Lipinski definition) is 1. The van der Waals surface area contributed by atoms with Crippen molar-refractivity contribution >= 4 is 23.2 Å². The summed E-state index contributed by atoms with van der Waals surface area (Å²) in [5.74, 6) is 0.957. The Bertz CT molecular complexity index is 1330. The number of rotatable bonds is 4. The second-order valence-electron chi connectivity index (χ2n) is 8.45. The number of anilines is 1. The van der Waals surface area contributed by atoms with Gasteiger partial charge in [-0.3, -0.25) is 9.48 Å². The fourth-order valence-corrected chi connectivity index (χ4v) is 4.50. The highest BCUT2D eigenvalue weighted by atomic mass is 35.5. The lowest BCUT2D eigenvalue weighted by molar-refractivity contribution is 0.0994. The molecule has 0 aliphatic heterocycles. The number of halogens is 1. The molecule has 4 aromatic rings. The first-order valence-corrected chi connectivity index (χ1v) is 11.1. The van der Waals surface area contributed by atoms with E-state index in [1.807, 2.05) is 61.9 Å². The Hall–Kier alpha value is -3.31. The molecule has 0 saturated heterocycles. The first kappa shape index (κ1) is 20.6. The minimum atomic E-state index is -0.231. The van der Waals surface area contributed by atoms with Crippen LogP contribution in [-0.4, -0.2) is 15.7 Å². The van der Waals surface area contributed by atoms with E-state index < -0.39 is 0 Å². The third-order valence-electron chi connectivity index (χ3n) is 6.01. The van der Waals surface area contributed by atoms with Gasteiger partial charge in [-0.25, -0.2) is 0 Å². The van der Waals surface area contributed by atoms with Crippen molar-refractivity contribution in [2.75, 3.05) is 5.32 Å². The van der Waals surface area contributed by atoms with Crippen molar-refractivity contribution in [1.82, 2.24) is 9.78 Å². The Labute approximate surface area is 192 Å². The van der Waals surface area contributed by atoms with E-state index in [0.717, 1.165) is 62.8 Å². The summed E-state index contributed by atoms with van der Waals surface area (Å²) < 4.78 is 8.01. The highest BCUT2D eigenvalue weighted by Gasteiger charge is 2.30. The average molecular weight is 446 g/mol. The van der Waals surface area contributed by atoms with E-state index in [2.05, 4.69) is 17.6 Å². The van der Waals surface area contributed by atoms with Crippen LogP contribution in [0, 0.1) is 20.8 Å². The lowest BCUT2D eigenvalue weighted by Gasteiger charge is -2.09. The van der Waals surface area contributed by atoms with Crippen LogP contribution in [0.5, 0.6) is 0 Å². The van der Waals surface area contributed by atoms with Gasteiger partial charge in [0.25, 0.3) is 5.91 Å². The molecule has 0 radical (unpaired) electrons. The zero-order valence-electron chi connectivity index (χ0n) is 18.3. The van der Waals surface area contributed by atoms with Crippen LogP contribution >= 0.6 is 11.6 Å². The third-order valence-corrected chi connectivity index (χ3v) is 6.26. The molecule has 2 aromatic carbocycles. The maximum Gasteiger partial charge on any atom is 0.291 e. The molecular weight excluding hydrogens is 422 g/mol. The second kappa shape index (κ2) is 7.99. The van der Waals surface area contributed by atoms with Gasteiger partial charge in [-0.05, 0) is 62.1 Å². The lowest BCUT2D eigenvalue weighted by atomic mass is 9.93. The number of benzene rings is 2. The highest BCUT2D eigenvalue weighted by molar-refractivity contribution is 6.30. The molecule has 0 spiro atoms. The zero-order valence-corrected chi connectivity index (χ0v) is 19.1. The summed E-state index contributed by atoms with van der Waals surface area (Å²) in [6.45, 7) is 6.62. The van der Waals surface area contributed by atoms with E-state index in [0.29, 0.717) is 12.3 Å². The van der Waals surface area contributed by atoms with Gasteiger partial charge < -0.3 is 9.73 Å². The number of hydrogen-bond acceptors (Lipinski definition) is 3. The quantitative estimate of drug-likeness (QED) is 0.411. The molecule has 162 valence electrons. The fraction of sp³-hybridized carbons (Fsp3) is 0.231. The number of carbonyl (C=O) groups excluding carboxylic acids is 1. The summed E-state index contributed by atoms with van der Waals surface area (Å²) in [7, 11) is 0. The van der Waals surface area contributed by atoms with E-state index in [4.69, 9.17) is 21.1 Å². The minimum Gasteiger partial charge on any atom is -0.455 e. The smallest absolute Gasteiger partial charge is 0.291 e. The third kappa shape index (κ3) is 3.73. The highest BCUT2D eigenvalue weighted by Crippen LogP contribution is 2.38. The van der Waals surface area contributed by atoms with Crippen molar-refractivity contribution < 1.29 is 9.21 Å². The molecule has 0 saturated carbocycles. The van der Waals surface area contributed by atoms with Gasteiger partial charge in [0.1, 0.15) is 5.76 Å². The molecule has 0 bridgehead atoms. The number of aromatic nitrogens is 2. The summed E-state index contributed by atoms with van der Waals surface area (Å²) in [5.41, 5.74) is 7.98. The van der Waals surface area contributed by atoms with Gasteiger partial charge in [-0.2, -0.15) is 5.10 Å². The zero-order chi connectivity index (χ0) is 22.4. The Morgan fingerprint density at radius 1 is 1.12 bits per heavy atom. The minimum absolute atomic E-state index is 0.231. The number of furan rings is 1. The predicted octanol–water partition coefficient (Wildman–Crippen LogP) is 6.12. The largest absolute Gasteiger partial charge is 0.455 e. The molecule has 2 aromatic heterocycles. The van der Waals surface area contributed by atoms with E-state index in [9.17, 15) is 4.79 Å². The lowest BCUT2D eigenvalue weighted by Crippen LogP contribution is -2.13. The van der Waals surface area contributed by atoms with E-state index >= 15 is 0 Å².